The molecule has 1 aliphatic heterocycles. The number of nitrogens with one attached hydrogen (secondary N) is 2. The number of carbonyl (C=O) groups excluding carboxylic acids is 1. The lowest BCUT2D eigenvalue weighted by molar-refractivity contribution is -0.153. The Hall–Kier alpha value is -2.55. The van der Waals surface area contributed by atoms with E-state index in [0.29, 0.717) is 18.7 Å². The van der Waals surface area contributed by atoms with Crippen LogP contribution in [0.3, 0.4) is 0 Å². The monoisotopic (exact) mass is 382 g/mol. The van der Waals surface area contributed by atoms with Crippen LogP contribution in [-0.4, -0.2) is 41.6 Å². The maximum absolute atomic E-state index is 12.6. The van der Waals surface area contributed by atoms with Crippen LogP contribution >= 0.6 is 0 Å². The standard InChI is InChI=1S/C18H21F3N4O2/c1-25-10-13(7-24-25)15-8-22-9-16(15)17(26)23-6-12-3-2-4-14(5-12)27-11-18(19,20)21/h2-5,7,10,15-16,22H,6,8-9,11H2,1H3,(H,23,26)/t15-,16+/m1/s1. The molecule has 2 aromatic rings. The fourth-order valence-electron chi connectivity index (χ4n) is 3.17. The first kappa shape index (κ1) is 19.2. The van der Waals surface area contributed by atoms with Gasteiger partial charge in [-0.3, -0.25) is 9.48 Å². The number of aryl methyl sites for hydroxylation is 1. The minimum Gasteiger partial charge on any atom is -0.484 e. The molecule has 146 valence electrons. The summed E-state index contributed by atoms with van der Waals surface area (Å²) in [4.78, 5) is 12.6. The lowest BCUT2D eigenvalue weighted by Crippen LogP contribution is -2.33. The normalized spacial score (nSPS) is 19.9. The molecule has 1 aromatic heterocycles. The van der Waals surface area contributed by atoms with Crippen LogP contribution in [0.4, 0.5) is 13.2 Å². The lowest BCUT2D eigenvalue weighted by atomic mass is 9.90. The Morgan fingerprint density at radius 2 is 2.22 bits per heavy atom. The third-order valence-electron chi connectivity index (χ3n) is 4.47. The Labute approximate surface area is 154 Å². The summed E-state index contributed by atoms with van der Waals surface area (Å²) >= 11 is 0. The molecule has 3 rings (SSSR count). The van der Waals surface area contributed by atoms with Crippen LogP contribution in [0.2, 0.25) is 0 Å². The van der Waals surface area contributed by atoms with Gasteiger partial charge in [0.2, 0.25) is 5.91 Å². The lowest BCUT2D eigenvalue weighted by Gasteiger charge is -2.17. The number of carbonyl (C=O) groups is 1. The van der Waals surface area contributed by atoms with E-state index in [1.54, 1.807) is 23.0 Å². The van der Waals surface area contributed by atoms with E-state index in [0.717, 1.165) is 5.56 Å². The second-order valence-electron chi connectivity index (χ2n) is 6.59. The number of aromatic nitrogens is 2. The molecule has 1 fully saturated rings. The van der Waals surface area contributed by atoms with Gasteiger partial charge in [-0.15, -0.1) is 0 Å². The molecule has 2 heterocycles. The van der Waals surface area contributed by atoms with Gasteiger partial charge in [0.15, 0.2) is 6.61 Å². The molecule has 1 aromatic carbocycles. The predicted octanol–water partition coefficient (Wildman–Crippen LogP) is 1.98. The van der Waals surface area contributed by atoms with Crippen molar-refractivity contribution in [1.29, 1.82) is 0 Å². The van der Waals surface area contributed by atoms with Crippen molar-refractivity contribution in [1.82, 2.24) is 20.4 Å². The largest absolute Gasteiger partial charge is 0.484 e. The molecule has 6 nitrogen and oxygen atoms in total. The van der Waals surface area contributed by atoms with Crippen LogP contribution in [0.15, 0.2) is 36.7 Å². The number of hydrogen-bond donors (Lipinski definition) is 2. The summed E-state index contributed by atoms with van der Waals surface area (Å²) in [6.07, 6.45) is -0.722. The van der Waals surface area contributed by atoms with Crippen molar-refractivity contribution < 1.29 is 22.7 Å². The van der Waals surface area contributed by atoms with Gasteiger partial charge in [-0.1, -0.05) is 12.1 Å². The molecule has 0 unspecified atom stereocenters. The molecule has 1 amide bonds. The Kier molecular flexibility index (Phi) is 5.69. The third kappa shape index (κ3) is 5.22. The van der Waals surface area contributed by atoms with E-state index in [9.17, 15) is 18.0 Å². The zero-order valence-electron chi connectivity index (χ0n) is 14.8. The zero-order chi connectivity index (χ0) is 19.4. The highest BCUT2D eigenvalue weighted by atomic mass is 19.4. The first-order valence-corrected chi connectivity index (χ1v) is 8.57. The van der Waals surface area contributed by atoms with Gasteiger partial charge in [0.1, 0.15) is 5.75 Å². The quantitative estimate of drug-likeness (QED) is 0.802. The predicted molar refractivity (Wildman–Crippen MR) is 92.1 cm³/mol. The average molecular weight is 382 g/mol. The van der Waals surface area contributed by atoms with Gasteiger partial charge in [-0.25, -0.2) is 0 Å². The maximum atomic E-state index is 12.6. The maximum Gasteiger partial charge on any atom is 0.422 e. The van der Waals surface area contributed by atoms with Crippen molar-refractivity contribution >= 4 is 5.91 Å². The summed E-state index contributed by atoms with van der Waals surface area (Å²) in [5.41, 5.74) is 1.68. The van der Waals surface area contributed by atoms with Gasteiger partial charge in [0, 0.05) is 38.8 Å². The number of amides is 1. The second-order valence-corrected chi connectivity index (χ2v) is 6.59. The van der Waals surface area contributed by atoms with Crippen molar-refractivity contribution in [2.45, 2.75) is 18.6 Å². The number of ether oxygens (including phenoxy) is 1. The molecule has 0 aliphatic carbocycles. The van der Waals surface area contributed by atoms with Crippen LogP contribution in [0.5, 0.6) is 5.75 Å². The molecular weight excluding hydrogens is 361 g/mol. The molecule has 0 radical (unpaired) electrons. The van der Waals surface area contributed by atoms with Crippen LogP contribution < -0.4 is 15.4 Å². The number of benzene rings is 1. The Morgan fingerprint density at radius 3 is 2.93 bits per heavy atom. The molecule has 0 saturated carbocycles. The summed E-state index contributed by atoms with van der Waals surface area (Å²) in [6, 6.07) is 6.28. The van der Waals surface area contributed by atoms with Crippen LogP contribution in [0.25, 0.3) is 0 Å². The van der Waals surface area contributed by atoms with Gasteiger partial charge in [0.25, 0.3) is 0 Å². The summed E-state index contributed by atoms with van der Waals surface area (Å²) in [5.74, 6) is -0.163. The summed E-state index contributed by atoms with van der Waals surface area (Å²) < 4.78 is 43.2. The molecule has 2 N–H and O–H groups in total. The van der Waals surface area contributed by atoms with Crippen LogP contribution in [-0.2, 0) is 18.4 Å². The molecule has 9 heteroatoms. The number of nitrogens with zero attached hydrogens (tertiary/aromatic N) is 2. The topological polar surface area (TPSA) is 68.2 Å². The molecule has 27 heavy (non-hydrogen) atoms. The molecule has 0 bridgehead atoms. The highest BCUT2D eigenvalue weighted by Crippen LogP contribution is 2.28. The summed E-state index contributed by atoms with van der Waals surface area (Å²) in [7, 11) is 1.83. The fraction of sp³-hybridized carbons (Fsp3) is 0.444. The van der Waals surface area contributed by atoms with Crippen molar-refractivity contribution in [3.8, 4) is 5.75 Å². The number of rotatable bonds is 6. The van der Waals surface area contributed by atoms with E-state index in [4.69, 9.17) is 4.74 Å². The third-order valence-corrected chi connectivity index (χ3v) is 4.47. The minimum atomic E-state index is -4.39. The van der Waals surface area contributed by atoms with Crippen molar-refractivity contribution in [2.75, 3.05) is 19.7 Å². The first-order valence-electron chi connectivity index (χ1n) is 8.57. The fourth-order valence-corrected chi connectivity index (χ4v) is 3.17. The van der Waals surface area contributed by atoms with Crippen molar-refractivity contribution in [3.05, 3.63) is 47.8 Å². The zero-order valence-corrected chi connectivity index (χ0v) is 14.8. The molecule has 1 aliphatic rings. The van der Waals surface area contributed by atoms with Crippen LogP contribution in [0.1, 0.15) is 17.0 Å². The Balaban J connectivity index is 1.57. The van der Waals surface area contributed by atoms with E-state index in [1.807, 2.05) is 13.2 Å². The highest BCUT2D eigenvalue weighted by Gasteiger charge is 2.34. The minimum absolute atomic E-state index is 0.0418. The highest BCUT2D eigenvalue weighted by molar-refractivity contribution is 5.80. The number of hydrogen-bond acceptors (Lipinski definition) is 4. The van der Waals surface area contributed by atoms with Crippen LogP contribution in [0, 0.1) is 5.92 Å². The summed E-state index contributed by atoms with van der Waals surface area (Å²) in [6.45, 7) is 0.145. The SMILES string of the molecule is Cn1cc([C@H]2CNC[C@@H]2C(=O)NCc2cccc(OCC(F)(F)F)c2)cn1. The van der Waals surface area contributed by atoms with E-state index in [2.05, 4.69) is 15.7 Å². The Morgan fingerprint density at radius 1 is 1.41 bits per heavy atom. The van der Waals surface area contributed by atoms with E-state index >= 15 is 0 Å². The summed E-state index contributed by atoms with van der Waals surface area (Å²) in [5, 5.41) is 10.2. The van der Waals surface area contributed by atoms with E-state index in [-0.39, 0.29) is 30.0 Å². The second kappa shape index (κ2) is 7.99. The van der Waals surface area contributed by atoms with E-state index in [1.165, 1.54) is 12.1 Å². The molecule has 1 saturated heterocycles. The van der Waals surface area contributed by atoms with Gasteiger partial charge < -0.3 is 15.4 Å². The van der Waals surface area contributed by atoms with Crippen molar-refractivity contribution in [3.63, 3.8) is 0 Å². The van der Waals surface area contributed by atoms with Gasteiger partial charge in [-0.05, 0) is 23.3 Å². The van der Waals surface area contributed by atoms with Gasteiger partial charge in [-0.2, -0.15) is 18.3 Å². The van der Waals surface area contributed by atoms with Crippen molar-refractivity contribution in [2.24, 2.45) is 13.0 Å². The first-order chi connectivity index (χ1) is 12.8. The molecule has 2 atom stereocenters. The number of alkyl halides is 3. The smallest absolute Gasteiger partial charge is 0.422 e. The number of halogens is 3. The van der Waals surface area contributed by atoms with Gasteiger partial charge >= 0.3 is 6.18 Å². The Bertz CT molecular complexity index is 791. The molecular formula is C18H21F3N4O2. The average Bonchev–Trinajstić information content (AvgIpc) is 3.26. The van der Waals surface area contributed by atoms with Gasteiger partial charge in [0.05, 0.1) is 12.1 Å². The van der Waals surface area contributed by atoms with E-state index < -0.39 is 12.8 Å². The molecule has 0 spiro atoms.